The fourth-order valence-corrected chi connectivity index (χ4v) is 2.63. The Morgan fingerprint density at radius 1 is 1.21 bits per heavy atom. The molecule has 2 rings (SSSR count). The molecule has 6 heteroatoms. The molecular formula is C18H23Cl2N3O. The Bertz CT molecular complexity index is 650. The fourth-order valence-electron chi connectivity index (χ4n) is 2.40. The summed E-state index contributed by atoms with van der Waals surface area (Å²) in [6.45, 7) is 4.10. The predicted octanol–water partition coefficient (Wildman–Crippen LogP) is 3.47. The van der Waals surface area contributed by atoms with Gasteiger partial charge < -0.3 is 11.1 Å². The Kier molecular flexibility index (Phi) is 8.79. The minimum absolute atomic E-state index is 0. The second-order valence-electron chi connectivity index (χ2n) is 5.49. The van der Waals surface area contributed by atoms with Gasteiger partial charge in [-0.05, 0) is 36.2 Å². The van der Waals surface area contributed by atoms with Crippen LogP contribution < -0.4 is 11.1 Å². The van der Waals surface area contributed by atoms with E-state index in [2.05, 4.69) is 5.32 Å². The average Bonchev–Trinajstić information content (AvgIpc) is 2.51. The second-order valence-corrected chi connectivity index (χ2v) is 5.93. The molecule has 0 heterocycles. The molecule has 130 valence electrons. The summed E-state index contributed by atoms with van der Waals surface area (Å²) >= 11 is 5.93. The number of aryl methyl sites for hydroxylation is 1. The molecule has 0 fully saturated rings. The topological polar surface area (TPSA) is 58.4 Å². The monoisotopic (exact) mass is 367 g/mol. The average molecular weight is 368 g/mol. The lowest BCUT2D eigenvalue weighted by molar-refractivity contribution is -0.117. The first-order valence-electron chi connectivity index (χ1n) is 7.61. The molecular weight excluding hydrogens is 345 g/mol. The van der Waals surface area contributed by atoms with Crippen molar-refractivity contribution in [3.63, 3.8) is 0 Å². The van der Waals surface area contributed by atoms with Crippen molar-refractivity contribution in [3.05, 3.63) is 64.7 Å². The fraction of sp³-hybridized carbons (Fsp3) is 0.278. The molecule has 0 atom stereocenters. The number of benzene rings is 2. The number of nitrogens with zero attached hydrogens (tertiary/aromatic N) is 1. The first-order valence-corrected chi connectivity index (χ1v) is 7.98. The summed E-state index contributed by atoms with van der Waals surface area (Å²) in [5.74, 6) is -0.0557. The molecule has 0 aliphatic rings. The maximum Gasteiger partial charge on any atom is 0.238 e. The van der Waals surface area contributed by atoms with Crippen LogP contribution in [-0.4, -0.2) is 30.4 Å². The number of halogens is 2. The van der Waals surface area contributed by atoms with Crippen LogP contribution in [0, 0.1) is 6.92 Å². The van der Waals surface area contributed by atoms with Gasteiger partial charge in [0.05, 0.1) is 6.54 Å². The standard InChI is InChI=1S/C18H22ClN3O.ClH/c1-14-11-16(19)7-8-17(14)21-18(23)13-22(10-9-20)12-15-5-3-2-4-6-15;/h2-8,11H,9-10,12-13,20H2,1H3,(H,21,23);1H. The predicted molar refractivity (Wildman–Crippen MR) is 103 cm³/mol. The number of nitrogens with one attached hydrogen (secondary N) is 1. The molecule has 0 saturated carbocycles. The first-order chi connectivity index (χ1) is 11.1. The van der Waals surface area contributed by atoms with Crippen molar-refractivity contribution >= 4 is 35.6 Å². The van der Waals surface area contributed by atoms with Crippen LogP contribution in [0.25, 0.3) is 0 Å². The summed E-state index contributed by atoms with van der Waals surface area (Å²) in [7, 11) is 0. The van der Waals surface area contributed by atoms with Crippen LogP contribution in [0.2, 0.25) is 5.02 Å². The first kappa shape index (κ1) is 20.5. The summed E-state index contributed by atoms with van der Waals surface area (Å²) in [6.07, 6.45) is 0. The van der Waals surface area contributed by atoms with Gasteiger partial charge in [-0.25, -0.2) is 0 Å². The lowest BCUT2D eigenvalue weighted by Crippen LogP contribution is -2.36. The number of carbonyl (C=O) groups is 1. The molecule has 0 spiro atoms. The van der Waals surface area contributed by atoms with E-state index in [1.54, 1.807) is 6.07 Å². The normalized spacial score (nSPS) is 10.3. The van der Waals surface area contributed by atoms with E-state index in [-0.39, 0.29) is 18.3 Å². The lowest BCUT2D eigenvalue weighted by Gasteiger charge is -2.21. The second kappa shape index (κ2) is 10.3. The van der Waals surface area contributed by atoms with E-state index in [0.717, 1.165) is 16.8 Å². The van der Waals surface area contributed by atoms with Gasteiger partial charge in [0, 0.05) is 30.3 Å². The molecule has 1 amide bonds. The molecule has 0 bridgehead atoms. The van der Waals surface area contributed by atoms with E-state index in [0.29, 0.717) is 31.2 Å². The number of hydrogen-bond acceptors (Lipinski definition) is 3. The van der Waals surface area contributed by atoms with Gasteiger partial charge in [0.2, 0.25) is 5.91 Å². The molecule has 0 unspecified atom stereocenters. The molecule has 3 N–H and O–H groups in total. The van der Waals surface area contributed by atoms with Crippen LogP contribution in [0.1, 0.15) is 11.1 Å². The molecule has 0 aliphatic heterocycles. The van der Waals surface area contributed by atoms with E-state index in [1.807, 2.05) is 54.3 Å². The van der Waals surface area contributed by atoms with Crippen molar-refractivity contribution in [1.82, 2.24) is 4.90 Å². The number of nitrogens with two attached hydrogens (primary N) is 1. The van der Waals surface area contributed by atoms with Gasteiger partial charge in [0.15, 0.2) is 0 Å². The zero-order chi connectivity index (χ0) is 16.7. The van der Waals surface area contributed by atoms with Crippen molar-refractivity contribution < 1.29 is 4.79 Å². The zero-order valence-corrected chi connectivity index (χ0v) is 15.2. The van der Waals surface area contributed by atoms with E-state index < -0.39 is 0 Å². The highest BCUT2D eigenvalue weighted by atomic mass is 35.5. The van der Waals surface area contributed by atoms with Crippen molar-refractivity contribution in [2.45, 2.75) is 13.5 Å². The third kappa shape index (κ3) is 6.49. The van der Waals surface area contributed by atoms with E-state index >= 15 is 0 Å². The SMILES string of the molecule is Cc1cc(Cl)ccc1NC(=O)CN(CCN)Cc1ccccc1.Cl. The molecule has 0 radical (unpaired) electrons. The number of rotatable bonds is 7. The molecule has 0 saturated heterocycles. The zero-order valence-electron chi connectivity index (χ0n) is 13.7. The van der Waals surface area contributed by atoms with Gasteiger partial charge in [-0.2, -0.15) is 0 Å². The van der Waals surface area contributed by atoms with Crippen LogP contribution in [0.15, 0.2) is 48.5 Å². The van der Waals surface area contributed by atoms with Crippen LogP contribution in [0.3, 0.4) is 0 Å². The van der Waals surface area contributed by atoms with E-state index in [9.17, 15) is 4.79 Å². The Labute approximate surface area is 154 Å². The smallest absolute Gasteiger partial charge is 0.238 e. The van der Waals surface area contributed by atoms with Gasteiger partial charge in [0.25, 0.3) is 0 Å². The van der Waals surface area contributed by atoms with Gasteiger partial charge in [0.1, 0.15) is 0 Å². The highest BCUT2D eigenvalue weighted by Crippen LogP contribution is 2.19. The third-order valence-corrected chi connectivity index (χ3v) is 3.76. The third-order valence-electron chi connectivity index (χ3n) is 3.52. The van der Waals surface area contributed by atoms with E-state index in [4.69, 9.17) is 17.3 Å². The van der Waals surface area contributed by atoms with Crippen LogP contribution in [-0.2, 0) is 11.3 Å². The molecule has 24 heavy (non-hydrogen) atoms. The van der Waals surface area contributed by atoms with Gasteiger partial charge in [-0.15, -0.1) is 12.4 Å². The Morgan fingerprint density at radius 2 is 1.92 bits per heavy atom. The lowest BCUT2D eigenvalue weighted by atomic mass is 10.2. The van der Waals surface area contributed by atoms with Gasteiger partial charge in [-0.1, -0.05) is 41.9 Å². The Hall–Kier alpha value is -1.59. The van der Waals surface area contributed by atoms with Crippen molar-refractivity contribution in [3.8, 4) is 0 Å². The molecule has 4 nitrogen and oxygen atoms in total. The number of amides is 1. The molecule has 0 aliphatic carbocycles. The molecule has 2 aromatic carbocycles. The Balaban J connectivity index is 0.00000288. The minimum atomic E-state index is -0.0557. The summed E-state index contributed by atoms with van der Waals surface area (Å²) in [4.78, 5) is 14.3. The van der Waals surface area contributed by atoms with Crippen LogP contribution in [0.5, 0.6) is 0 Å². The van der Waals surface area contributed by atoms with Crippen molar-refractivity contribution in [1.29, 1.82) is 0 Å². The number of carbonyl (C=O) groups excluding carboxylic acids is 1. The largest absolute Gasteiger partial charge is 0.329 e. The van der Waals surface area contributed by atoms with Crippen molar-refractivity contribution in [2.24, 2.45) is 5.73 Å². The number of anilines is 1. The van der Waals surface area contributed by atoms with E-state index in [1.165, 1.54) is 0 Å². The van der Waals surface area contributed by atoms with Crippen LogP contribution >= 0.6 is 24.0 Å². The van der Waals surface area contributed by atoms with Crippen LogP contribution in [0.4, 0.5) is 5.69 Å². The summed E-state index contributed by atoms with van der Waals surface area (Å²) < 4.78 is 0. The quantitative estimate of drug-likeness (QED) is 0.787. The Morgan fingerprint density at radius 3 is 2.54 bits per heavy atom. The highest BCUT2D eigenvalue weighted by molar-refractivity contribution is 6.30. The molecule has 0 aromatic heterocycles. The minimum Gasteiger partial charge on any atom is -0.329 e. The summed E-state index contributed by atoms with van der Waals surface area (Å²) in [5, 5.41) is 3.59. The van der Waals surface area contributed by atoms with Gasteiger partial charge >= 0.3 is 0 Å². The highest BCUT2D eigenvalue weighted by Gasteiger charge is 2.12. The van der Waals surface area contributed by atoms with Gasteiger partial charge in [-0.3, -0.25) is 9.69 Å². The number of hydrogen-bond donors (Lipinski definition) is 2. The summed E-state index contributed by atoms with van der Waals surface area (Å²) in [6, 6.07) is 15.5. The maximum absolute atomic E-state index is 12.3. The molecule has 2 aromatic rings. The van der Waals surface area contributed by atoms with Crippen molar-refractivity contribution in [2.75, 3.05) is 25.0 Å². The summed E-state index contributed by atoms with van der Waals surface area (Å²) in [5.41, 5.74) is 8.56. The maximum atomic E-state index is 12.3.